The van der Waals surface area contributed by atoms with Crippen LogP contribution in [0.15, 0.2) is 0 Å². The molecule has 1 aliphatic rings. The number of carboxylic acid groups (broad SMARTS) is 3. The lowest BCUT2D eigenvalue weighted by Gasteiger charge is -2.34. The van der Waals surface area contributed by atoms with Crippen molar-refractivity contribution in [1.82, 2.24) is 0 Å². The van der Waals surface area contributed by atoms with Gasteiger partial charge in [0.1, 0.15) is 0 Å². The number of aliphatic carboxylic acids is 3. The molecule has 102 valence electrons. The third-order valence-corrected chi connectivity index (χ3v) is 3.59. The molecule has 0 aromatic carbocycles. The smallest absolute Gasteiger partial charge is 0.303 e. The lowest BCUT2D eigenvalue weighted by atomic mass is 9.70. The lowest BCUT2D eigenvalue weighted by Crippen LogP contribution is -2.29. The van der Waals surface area contributed by atoms with Crippen LogP contribution in [0.4, 0.5) is 0 Å². The Morgan fingerprint density at radius 2 is 1.28 bits per heavy atom. The van der Waals surface area contributed by atoms with Crippen molar-refractivity contribution in [2.45, 2.75) is 38.5 Å². The lowest BCUT2D eigenvalue weighted by molar-refractivity contribution is -0.143. The summed E-state index contributed by atoms with van der Waals surface area (Å²) < 4.78 is 0. The Morgan fingerprint density at radius 1 is 0.778 bits per heavy atom. The van der Waals surface area contributed by atoms with Gasteiger partial charge in [0.2, 0.25) is 0 Å². The van der Waals surface area contributed by atoms with E-state index >= 15 is 0 Å². The quantitative estimate of drug-likeness (QED) is 0.664. The fourth-order valence-corrected chi connectivity index (χ4v) is 2.82. The van der Waals surface area contributed by atoms with Gasteiger partial charge in [0.25, 0.3) is 0 Å². The van der Waals surface area contributed by atoms with Crippen LogP contribution in [0.25, 0.3) is 0 Å². The summed E-state index contributed by atoms with van der Waals surface area (Å²) in [6.07, 6.45) is 1.70. The molecule has 0 spiro atoms. The van der Waals surface area contributed by atoms with Crippen molar-refractivity contribution in [3.8, 4) is 0 Å². The van der Waals surface area contributed by atoms with Crippen LogP contribution >= 0.6 is 0 Å². The molecule has 1 saturated carbocycles. The van der Waals surface area contributed by atoms with Crippen LogP contribution < -0.4 is 0 Å². The van der Waals surface area contributed by atoms with Crippen molar-refractivity contribution in [2.75, 3.05) is 0 Å². The maximum absolute atomic E-state index is 10.8. The van der Waals surface area contributed by atoms with E-state index in [0.717, 1.165) is 0 Å². The molecule has 6 heteroatoms. The Morgan fingerprint density at radius 3 is 1.78 bits per heavy atom. The fraction of sp³-hybridized carbons (Fsp3) is 0.750. The highest BCUT2D eigenvalue weighted by Crippen LogP contribution is 2.39. The molecule has 0 heterocycles. The molecule has 0 amide bonds. The topological polar surface area (TPSA) is 112 Å². The highest BCUT2D eigenvalue weighted by Gasteiger charge is 2.33. The first kappa shape index (κ1) is 14.5. The van der Waals surface area contributed by atoms with Gasteiger partial charge in [-0.1, -0.05) is 0 Å². The minimum atomic E-state index is -0.952. The first-order chi connectivity index (χ1) is 8.38. The zero-order valence-electron chi connectivity index (χ0n) is 10.0. The van der Waals surface area contributed by atoms with E-state index in [1.54, 1.807) is 0 Å². The minimum Gasteiger partial charge on any atom is -0.481 e. The van der Waals surface area contributed by atoms with E-state index in [0.29, 0.717) is 19.3 Å². The average Bonchev–Trinajstić information content (AvgIpc) is 2.19. The zero-order valence-corrected chi connectivity index (χ0v) is 10.0. The van der Waals surface area contributed by atoms with Crippen LogP contribution in [0.5, 0.6) is 0 Å². The zero-order chi connectivity index (χ0) is 13.7. The van der Waals surface area contributed by atoms with Crippen LogP contribution in [0.2, 0.25) is 0 Å². The molecule has 0 aromatic heterocycles. The summed E-state index contributed by atoms with van der Waals surface area (Å²) in [5.74, 6) is -3.17. The minimum absolute atomic E-state index is 0.0300. The summed E-state index contributed by atoms with van der Waals surface area (Å²) in [6, 6.07) is 0. The fourth-order valence-electron chi connectivity index (χ4n) is 2.82. The van der Waals surface area contributed by atoms with Gasteiger partial charge in [0.05, 0.1) is 0 Å². The summed E-state index contributed by atoms with van der Waals surface area (Å²) >= 11 is 0. The van der Waals surface area contributed by atoms with Crippen LogP contribution in [-0.2, 0) is 14.4 Å². The molecule has 18 heavy (non-hydrogen) atoms. The molecular weight excluding hydrogens is 240 g/mol. The highest BCUT2D eigenvalue weighted by molar-refractivity contribution is 5.69. The predicted octanol–water partition coefficient (Wildman–Crippen LogP) is 1.44. The van der Waals surface area contributed by atoms with Gasteiger partial charge in [-0.2, -0.15) is 0 Å². The standard InChI is InChI=1S/C12H18O6/c13-10(14)4-7-1-2-8(5-11(15)16)9(3-7)6-12(17)18/h7-9H,1-6H2,(H,13,14)(H,15,16)(H,17,18). The van der Waals surface area contributed by atoms with Gasteiger partial charge in [-0.05, 0) is 37.0 Å². The van der Waals surface area contributed by atoms with Crippen molar-refractivity contribution in [3.05, 3.63) is 0 Å². The molecule has 6 nitrogen and oxygen atoms in total. The van der Waals surface area contributed by atoms with Crippen molar-refractivity contribution in [1.29, 1.82) is 0 Å². The first-order valence-corrected chi connectivity index (χ1v) is 6.03. The number of rotatable bonds is 6. The molecular formula is C12H18O6. The molecule has 1 aliphatic carbocycles. The van der Waals surface area contributed by atoms with Crippen LogP contribution in [0.1, 0.15) is 38.5 Å². The largest absolute Gasteiger partial charge is 0.481 e. The highest BCUT2D eigenvalue weighted by atomic mass is 16.4. The molecule has 3 N–H and O–H groups in total. The maximum atomic E-state index is 10.8. The monoisotopic (exact) mass is 258 g/mol. The van der Waals surface area contributed by atoms with Gasteiger partial charge >= 0.3 is 17.9 Å². The molecule has 1 fully saturated rings. The SMILES string of the molecule is O=C(O)CC1CCC(CC(=O)O)C(CC(=O)O)C1. The maximum Gasteiger partial charge on any atom is 0.303 e. The van der Waals surface area contributed by atoms with Crippen LogP contribution in [0, 0.1) is 17.8 Å². The second kappa shape index (κ2) is 6.37. The van der Waals surface area contributed by atoms with Gasteiger partial charge in [0, 0.05) is 19.3 Å². The summed E-state index contributed by atoms with van der Waals surface area (Å²) in [6.45, 7) is 0. The molecule has 3 unspecified atom stereocenters. The van der Waals surface area contributed by atoms with Crippen molar-refractivity contribution >= 4 is 17.9 Å². The predicted molar refractivity (Wildman–Crippen MR) is 61.1 cm³/mol. The number of carbonyl (C=O) groups is 3. The summed E-state index contributed by atoms with van der Waals surface area (Å²) in [5.41, 5.74) is 0. The van der Waals surface area contributed by atoms with E-state index < -0.39 is 17.9 Å². The summed E-state index contributed by atoms with van der Waals surface area (Å²) in [4.78, 5) is 32.1. The average molecular weight is 258 g/mol. The van der Waals surface area contributed by atoms with E-state index in [1.165, 1.54) is 0 Å². The van der Waals surface area contributed by atoms with Crippen molar-refractivity contribution < 1.29 is 29.7 Å². The molecule has 0 aliphatic heterocycles. The van der Waals surface area contributed by atoms with E-state index in [4.69, 9.17) is 15.3 Å². The summed E-state index contributed by atoms with van der Waals surface area (Å²) in [7, 11) is 0. The Labute approximate surface area is 105 Å². The van der Waals surface area contributed by atoms with Gasteiger partial charge in [-0.25, -0.2) is 0 Å². The van der Waals surface area contributed by atoms with Crippen molar-refractivity contribution in [2.24, 2.45) is 17.8 Å². The van der Waals surface area contributed by atoms with E-state index in [-0.39, 0.29) is 37.0 Å². The Bertz CT molecular complexity index is 337. The second-order valence-electron chi connectivity index (χ2n) is 4.99. The molecule has 0 aromatic rings. The third kappa shape index (κ3) is 4.73. The van der Waals surface area contributed by atoms with E-state index in [1.807, 2.05) is 0 Å². The molecule has 0 radical (unpaired) electrons. The van der Waals surface area contributed by atoms with Gasteiger partial charge < -0.3 is 15.3 Å². The Balaban J connectivity index is 2.62. The van der Waals surface area contributed by atoms with Gasteiger partial charge in [0.15, 0.2) is 0 Å². The molecule has 0 saturated heterocycles. The first-order valence-electron chi connectivity index (χ1n) is 6.03. The molecule has 0 bridgehead atoms. The summed E-state index contributed by atoms with van der Waals surface area (Å²) in [5, 5.41) is 26.3. The second-order valence-corrected chi connectivity index (χ2v) is 4.99. The Kier molecular flexibility index (Phi) is 5.12. The Hall–Kier alpha value is -1.59. The molecule has 3 atom stereocenters. The number of hydrogen-bond donors (Lipinski definition) is 3. The number of carboxylic acids is 3. The normalized spacial score (nSPS) is 27.7. The number of hydrogen-bond acceptors (Lipinski definition) is 3. The van der Waals surface area contributed by atoms with E-state index in [2.05, 4.69) is 0 Å². The molecule has 1 rings (SSSR count). The van der Waals surface area contributed by atoms with Crippen LogP contribution in [0.3, 0.4) is 0 Å². The van der Waals surface area contributed by atoms with E-state index in [9.17, 15) is 14.4 Å². The third-order valence-electron chi connectivity index (χ3n) is 3.59. The van der Waals surface area contributed by atoms with Crippen LogP contribution in [-0.4, -0.2) is 33.2 Å². The van der Waals surface area contributed by atoms with Gasteiger partial charge in [-0.3, -0.25) is 14.4 Å². The van der Waals surface area contributed by atoms with Crippen molar-refractivity contribution in [3.63, 3.8) is 0 Å². The van der Waals surface area contributed by atoms with Gasteiger partial charge in [-0.15, -0.1) is 0 Å².